The molecule has 0 saturated heterocycles. The van der Waals surface area contributed by atoms with Crippen molar-refractivity contribution in [3.63, 3.8) is 0 Å². The van der Waals surface area contributed by atoms with Crippen molar-refractivity contribution in [1.82, 2.24) is 0 Å². The van der Waals surface area contributed by atoms with Crippen LogP contribution in [0.15, 0.2) is 12.1 Å². The van der Waals surface area contributed by atoms with Crippen LogP contribution in [0.4, 0.5) is 0 Å². The minimum atomic E-state index is 0.0928. The Kier molecular flexibility index (Phi) is 6.65. The Hall–Kier alpha value is -1.42. The van der Waals surface area contributed by atoms with E-state index in [0.29, 0.717) is 17.2 Å². The van der Waals surface area contributed by atoms with Crippen LogP contribution in [0.25, 0.3) is 0 Å². The van der Waals surface area contributed by atoms with Crippen LogP contribution < -0.4 is 19.9 Å². The standard InChI is InChI=1S/C16H27NO3/c1-6-13(7-2)20-16-14(18-4)9-12(8-11(3)17)10-15(16)19-5/h9-11,13H,6-8,17H2,1-5H3. The SMILES string of the molecule is CCC(CC)Oc1c(OC)cc(CC(C)N)cc1OC. The zero-order chi connectivity index (χ0) is 15.1. The summed E-state index contributed by atoms with van der Waals surface area (Å²) in [5.74, 6) is 2.08. The van der Waals surface area contributed by atoms with E-state index in [4.69, 9.17) is 19.9 Å². The van der Waals surface area contributed by atoms with Crippen molar-refractivity contribution in [3.05, 3.63) is 17.7 Å². The van der Waals surface area contributed by atoms with Gasteiger partial charge in [0.1, 0.15) is 0 Å². The molecule has 0 amide bonds. The Balaban J connectivity index is 3.14. The fourth-order valence-corrected chi connectivity index (χ4v) is 2.16. The lowest BCUT2D eigenvalue weighted by molar-refractivity contribution is 0.177. The zero-order valence-electron chi connectivity index (χ0n) is 13.2. The smallest absolute Gasteiger partial charge is 0.203 e. The van der Waals surface area contributed by atoms with Crippen LogP contribution in [0.5, 0.6) is 17.2 Å². The number of rotatable bonds is 8. The van der Waals surface area contributed by atoms with E-state index in [0.717, 1.165) is 24.8 Å². The van der Waals surface area contributed by atoms with Crippen LogP contribution in [0.3, 0.4) is 0 Å². The lowest BCUT2D eigenvalue weighted by atomic mass is 10.1. The maximum atomic E-state index is 6.04. The molecule has 0 aliphatic rings. The van der Waals surface area contributed by atoms with Gasteiger partial charge in [0.25, 0.3) is 0 Å². The van der Waals surface area contributed by atoms with Gasteiger partial charge in [-0.1, -0.05) is 13.8 Å². The Morgan fingerprint density at radius 1 is 1.05 bits per heavy atom. The van der Waals surface area contributed by atoms with Crippen LogP contribution in [0.2, 0.25) is 0 Å². The number of nitrogens with two attached hydrogens (primary N) is 1. The van der Waals surface area contributed by atoms with E-state index in [9.17, 15) is 0 Å². The second-order valence-corrected chi connectivity index (χ2v) is 5.07. The van der Waals surface area contributed by atoms with E-state index in [1.165, 1.54) is 0 Å². The molecule has 0 saturated carbocycles. The summed E-state index contributed by atoms with van der Waals surface area (Å²) < 4.78 is 16.9. The molecule has 0 aliphatic heterocycles. The molecule has 4 heteroatoms. The van der Waals surface area contributed by atoms with Crippen molar-refractivity contribution in [2.45, 2.75) is 52.2 Å². The maximum absolute atomic E-state index is 6.04. The van der Waals surface area contributed by atoms with Crippen LogP contribution in [-0.4, -0.2) is 26.4 Å². The molecule has 0 heterocycles. The van der Waals surface area contributed by atoms with Gasteiger partial charge in [0.15, 0.2) is 11.5 Å². The fraction of sp³-hybridized carbons (Fsp3) is 0.625. The molecule has 0 aromatic heterocycles. The van der Waals surface area contributed by atoms with E-state index in [2.05, 4.69) is 13.8 Å². The van der Waals surface area contributed by atoms with Crippen molar-refractivity contribution in [2.75, 3.05) is 14.2 Å². The molecule has 0 bridgehead atoms. The molecule has 1 unspecified atom stereocenters. The molecule has 0 radical (unpaired) electrons. The third-order valence-corrected chi connectivity index (χ3v) is 3.27. The van der Waals surface area contributed by atoms with Gasteiger partial charge in [-0.3, -0.25) is 0 Å². The summed E-state index contributed by atoms with van der Waals surface area (Å²) in [5.41, 5.74) is 6.94. The van der Waals surface area contributed by atoms with Crippen molar-refractivity contribution in [3.8, 4) is 17.2 Å². The average molecular weight is 281 g/mol. The largest absolute Gasteiger partial charge is 0.493 e. The van der Waals surface area contributed by atoms with Gasteiger partial charge < -0.3 is 19.9 Å². The van der Waals surface area contributed by atoms with Crippen molar-refractivity contribution in [2.24, 2.45) is 5.73 Å². The molecule has 20 heavy (non-hydrogen) atoms. The van der Waals surface area contributed by atoms with Gasteiger partial charge in [-0.05, 0) is 43.9 Å². The highest BCUT2D eigenvalue weighted by Crippen LogP contribution is 2.40. The quantitative estimate of drug-likeness (QED) is 0.795. The summed E-state index contributed by atoms with van der Waals surface area (Å²) in [6.07, 6.45) is 2.84. The van der Waals surface area contributed by atoms with Crippen molar-refractivity contribution >= 4 is 0 Å². The summed E-state index contributed by atoms with van der Waals surface area (Å²) in [4.78, 5) is 0. The van der Waals surface area contributed by atoms with Gasteiger partial charge >= 0.3 is 0 Å². The van der Waals surface area contributed by atoms with E-state index in [-0.39, 0.29) is 12.1 Å². The number of benzene rings is 1. The molecule has 0 fully saturated rings. The van der Waals surface area contributed by atoms with Crippen molar-refractivity contribution in [1.29, 1.82) is 0 Å². The predicted octanol–water partition coefficient (Wildman–Crippen LogP) is 3.16. The molecule has 2 N–H and O–H groups in total. The normalized spacial score (nSPS) is 12.3. The first-order valence-corrected chi connectivity index (χ1v) is 7.22. The van der Waals surface area contributed by atoms with Gasteiger partial charge in [-0.15, -0.1) is 0 Å². The first-order chi connectivity index (χ1) is 9.55. The summed E-state index contributed by atoms with van der Waals surface area (Å²) >= 11 is 0. The topological polar surface area (TPSA) is 53.7 Å². The molecular weight excluding hydrogens is 254 g/mol. The maximum Gasteiger partial charge on any atom is 0.203 e. The lowest BCUT2D eigenvalue weighted by Gasteiger charge is -2.21. The number of methoxy groups -OCH3 is 2. The third-order valence-electron chi connectivity index (χ3n) is 3.27. The van der Waals surface area contributed by atoms with Crippen molar-refractivity contribution < 1.29 is 14.2 Å². The van der Waals surface area contributed by atoms with E-state index < -0.39 is 0 Å². The highest BCUT2D eigenvalue weighted by atomic mass is 16.5. The van der Waals surface area contributed by atoms with Crippen LogP contribution in [0.1, 0.15) is 39.2 Å². The highest BCUT2D eigenvalue weighted by molar-refractivity contribution is 5.54. The van der Waals surface area contributed by atoms with Gasteiger partial charge in [0, 0.05) is 6.04 Å². The minimum Gasteiger partial charge on any atom is -0.493 e. The molecule has 1 rings (SSSR count). The van der Waals surface area contributed by atoms with E-state index in [1.54, 1.807) is 14.2 Å². The molecule has 4 nitrogen and oxygen atoms in total. The summed E-state index contributed by atoms with van der Waals surface area (Å²) in [6.45, 7) is 6.20. The van der Waals surface area contributed by atoms with Gasteiger partial charge in [0.2, 0.25) is 5.75 Å². The molecule has 0 aliphatic carbocycles. The first-order valence-electron chi connectivity index (χ1n) is 7.22. The number of hydrogen-bond donors (Lipinski definition) is 1. The second kappa shape index (κ2) is 8.00. The molecule has 1 aromatic rings. The van der Waals surface area contributed by atoms with Crippen LogP contribution in [-0.2, 0) is 6.42 Å². The molecule has 0 spiro atoms. The van der Waals surface area contributed by atoms with Gasteiger partial charge in [-0.2, -0.15) is 0 Å². The number of ether oxygens (including phenoxy) is 3. The molecule has 1 aromatic carbocycles. The highest BCUT2D eigenvalue weighted by Gasteiger charge is 2.17. The molecular formula is C16H27NO3. The average Bonchev–Trinajstić information content (AvgIpc) is 2.44. The van der Waals surface area contributed by atoms with Gasteiger partial charge in [0.05, 0.1) is 20.3 Å². The summed E-state index contributed by atoms with van der Waals surface area (Å²) in [7, 11) is 3.29. The molecule has 1 atom stereocenters. The second-order valence-electron chi connectivity index (χ2n) is 5.07. The monoisotopic (exact) mass is 281 g/mol. The van der Waals surface area contributed by atoms with Crippen LogP contribution in [0, 0.1) is 0 Å². The molecule has 114 valence electrons. The Morgan fingerprint density at radius 3 is 1.90 bits per heavy atom. The predicted molar refractivity (Wildman–Crippen MR) is 81.9 cm³/mol. The lowest BCUT2D eigenvalue weighted by Crippen LogP contribution is -2.18. The number of hydrogen-bond acceptors (Lipinski definition) is 4. The Labute approximate surface area is 122 Å². The fourth-order valence-electron chi connectivity index (χ4n) is 2.16. The third kappa shape index (κ3) is 4.30. The van der Waals surface area contributed by atoms with E-state index in [1.807, 2.05) is 19.1 Å². The van der Waals surface area contributed by atoms with Crippen LogP contribution >= 0.6 is 0 Å². The minimum absolute atomic E-state index is 0.0928. The zero-order valence-corrected chi connectivity index (χ0v) is 13.2. The Morgan fingerprint density at radius 2 is 1.55 bits per heavy atom. The van der Waals surface area contributed by atoms with E-state index >= 15 is 0 Å². The summed E-state index contributed by atoms with van der Waals surface area (Å²) in [6, 6.07) is 4.04. The first kappa shape index (κ1) is 16.6. The Bertz CT molecular complexity index is 389. The summed E-state index contributed by atoms with van der Waals surface area (Å²) in [5, 5.41) is 0. The van der Waals surface area contributed by atoms with Gasteiger partial charge in [-0.25, -0.2) is 0 Å².